The lowest BCUT2D eigenvalue weighted by Gasteiger charge is -2.24. The molecule has 0 aliphatic carbocycles. The molecule has 1 heterocycles. The Balaban J connectivity index is 2.74. The second-order valence-electron chi connectivity index (χ2n) is 3.90. The molecule has 0 radical (unpaired) electrons. The third kappa shape index (κ3) is 3.63. The van der Waals surface area contributed by atoms with Gasteiger partial charge in [-0.15, -0.1) is 0 Å². The van der Waals surface area contributed by atoms with Crippen LogP contribution in [-0.2, 0) is 0 Å². The molecule has 0 saturated heterocycles. The van der Waals surface area contributed by atoms with Gasteiger partial charge in [-0.25, -0.2) is 4.98 Å². The summed E-state index contributed by atoms with van der Waals surface area (Å²) in [6.07, 6.45) is 3.65. The normalized spacial score (nSPS) is 12.0. The highest BCUT2D eigenvalue weighted by Crippen LogP contribution is 2.10. The van der Waals surface area contributed by atoms with Crippen molar-refractivity contribution in [3.63, 3.8) is 0 Å². The lowest BCUT2D eigenvalue weighted by molar-refractivity contribution is 0.0757. The molecule has 1 unspecified atom stereocenters. The summed E-state index contributed by atoms with van der Waals surface area (Å²) in [6.45, 7) is 2.05. The van der Waals surface area contributed by atoms with Crippen molar-refractivity contribution in [3.05, 3.63) is 23.9 Å². The highest BCUT2D eigenvalue weighted by Gasteiger charge is 2.17. The summed E-state index contributed by atoms with van der Waals surface area (Å²) < 4.78 is 0. The number of hydrogen-bond donors (Lipinski definition) is 1. The van der Waals surface area contributed by atoms with Crippen molar-refractivity contribution in [2.75, 3.05) is 31.4 Å². The minimum absolute atomic E-state index is 0.0155. The van der Waals surface area contributed by atoms with E-state index in [4.69, 9.17) is 0 Å². The molecule has 0 aliphatic rings. The molecule has 1 aromatic heterocycles. The van der Waals surface area contributed by atoms with E-state index in [1.54, 1.807) is 42.0 Å². The van der Waals surface area contributed by atoms with Crippen LogP contribution in [0, 0.1) is 0 Å². The summed E-state index contributed by atoms with van der Waals surface area (Å²) in [5.41, 5.74) is 0.624. The zero-order chi connectivity index (χ0) is 12.8. The van der Waals surface area contributed by atoms with Crippen LogP contribution in [0.1, 0.15) is 17.3 Å². The first-order valence-corrected chi connectivity index (χ1v) is 6.89. The Labute approximate surface area is 107 Å². The number of rotatable bonds is 5. The molecule has 17 heavy (non-hydrogen) atoms. The van der Waals surface area contributed by atoms with Crippen molar-refractivity contribution in [1.29, 1.82) is 0 Å². The standard InChI is InChI=1S/C12H19N3OS/c1-9(8-17-4)15(3)12(16)10-5-6-11(13-2)14-7-10/h5-7,9H,8H2,1-4H3,(H,13,14). The zero-order valence-electron chi connectivity index (χ0n) is 10.7. The molecule has 4 nitrogen and oxygen atoms in total. The average Bonchev–Trinajstić information content (AvgIpc) is 2.37. The van der Waals surface area contributed by atoms with E-state index in [0.29, 0.717) is 5.56 Å². The Morgan fingerprint density at radius 3 is 2.76 bits per heavy atom. The lowest BCUT2D eigenvalue weighted by Crippen LogP contribution is -2.36. The van der Waals surface area contributed by atoms with Crippen LogP contribution in [0.15, 0.2) is 18.3 Å². The summed E-state index contributed by atoms with van der Waals surface area (Å²) in [5.74, 6) is 1.72. The van der Waals surface area contributed by atoms with Crippen LogP contribution < -0.4 is 5.32 Å². The van der Waals surface area contributed by atoms with E-state index < -0.39 is 0 Å². The summed E-state index contributed by atoms with van der Waals surface area (Å²) in [6, 6.07) is 3.82. The summed E-state index contributed by atoms with van der Waals surface area (Å²) in [4.78, 5) is 18.0. The third-order valence-corrected chi connectivity index (χ3v) is 3.47. The molecule has 1 atom stereocenters. The van der Waals surface area contributed by atoms with E-state index in [2.05, 4.69) is 10.3 Å². The lowest BCUT2D eigenvalue weighted by atomic mass is 10.2. The van der Waals surface area contributed by atoms with Crippen LogP contribution in [0.4, 0.5) is 5.82 Å². The van der Waals surface area contributed by atoms with E-state index >= 15 is 0 Å². The number of nitrogens with one attached hydrogen (secondary N) is 1. The molecule has 0 spiro atoms. The number of carbonyl (C=O) groups is 1. The van der Waals surface area contributed by atoms with Gasteiger partial charge in [0.05, 0.1) is 5.56 Å². The van der Waals surface area contributed by atoms with E-state index in [1.165, 1.54) is 0 Å². The van der Waals surface area contributed by atoms with E-state index in [9.17, 15) is 4.79 Å². The number of carbonyl (C=O) groups excluding carboxylic acids is 1. The molecule has 1 rings (SSSR count). The molecule has 0 aromatic carbocycles. The molecule has 1 amide bonds. The smallest absolute Gasteiger partial charge is 0.255 e. The molecular weight excluding hydrogens is 234 g/mol. The number of amides is 1. The fourth-order valence-corrected chi connectivity index (χ4v) is 2.13. The minimum Gasteiger partial charge on any atom is -0.373 e. The quantitative estimate of drug-likeness (QED) is 0.871. The van der Waals surface area contributed by atoms with E-state index in [1.807, 2.05) is 20.2 Å². The largest absolute Gasteiger partial charge is 0.373 e. The Kier molecular flexibility index (Phi) is 5.28. The number of hydrogen-bond acceptors (Lipinski definition) is 4. The van der Waals surface area contributed by atoms with Gasteiger partial charge in [-0.3, -0.25) is 4.79 Å². The van der Waals surface area contributed by atoms with Gasteiger partial charge in [-0.05, 0) is 25.3 Å². The van der Waals surface area contributed by atoms with Crippen molar-refractivity contribution in [2.45, 2.75) is 13.0 Å². The van der Waals surface area contributed by atoms with Gasteiger partial charge in [0.2, 0.25) is 0 Å². The fraction of sp³-hybridized carbons (Fsp3) is 0.500. The number of nitrogens with zero attached hydrogens (tertiary/aromatic N) is 2. The van der Waals surface area contributed by atoms with Gasteiger partial charge in [-0.2, -0.15) is 11.8 Å². The van der Waals surface area contributed by atoms with Crippen molar-refractivity contribution < 1.29 is 4.79 Å². The fourth-order valence-electron chi connectivity index (χ4n) is 1.43. The van der Waals surface area contributed by atoms with Gasteiger partial charge < -0.3 is 10.2 Å². The number of anilines is 1. The predicted molar refractivity (Wildman–Crippen MR) is 73.7 cm³/mol. The van der Waals surface area contributed by atoms with Crippen LogP contribution in [0.25, 0.3) is 0 Å². The van der Waals surface area contributed by atoms with Gasteiger partial charge in [0.25, 0.3) is 5.91 Å². The first-order chi connectivity index (χ1) is 8.10. The monoisotopic (exact) mass is 253 g/mol. The molecule has 1 aromatic rings. The molecular formula is C12H19N3OS. The van der Waals surface area contributed by atoms with E-state index in [-0.39, 0.29) is 11.9 Å². The van der Waals surface area contributed by atoms with Crippen LogP contribution in [0.3, 0.4) is 0 Å². The maximum absolute atomic E-state index is 12.1. The summed E-state index contributed by atoms with van der Waals surface area (Å²) in [7, 11) is 3.63. The minimum atomic E-state index is 0.0155. The Hall–Kier alpha value is -1.23. The SMILES string of the molecule is CNc1ccc(C(=O)N(C)C(C)CSC)cn1. The molecule has 94 valence electrons. The van der Waals surface area contributed by atoms with Crippen molar-refractivity contribution in [2.24, 2.45) is 0 Å². The summed E-state index contributed by atoms with van der Waals surface area (Å²) in [5, 5.41) is 2.93. The number of aromatic nitrogens is 1. The van der Waals surface area contributed by atoms with Crippen LogP contribution in [-0.4, -0.2) is 47.9 Å². The predicted octanol–water partition coefficient (Wildman–Crippen LogP) is 1.95. The molecule has 0 fully saturated rings. The first kappa shape index (κ1) is 13.8. The van der Waals surface area contributed by atoms with Crippen LogP contribution in [0.2, 0.25) is 0 Å². The highest BCUT2D eigenvalue weighted by atomic mass is 32.2. The Morgan fingerprint density at radius 2 is 2.29 bits per heavy atom. The van der Waals surface area contributed by atoms with Crippen molar-refractivity contribution in [1.82, 2.24) is 9.88 Å². The molecule has 1 N–H and O–H groups in total. The zero-order valence-corrected chi connectivity index (χ0v) is 11.5. The van der Waals surface area contributed by atoms with Crippen LogP contribution >= 0.6 is 11.8 Å². The molecule has 0 bridgehead atoms. The van der Waals surface area contributed by atoms with Crippen molar-refractivity contribution in [3.8, 4) is 0 Å². The first-order valence-electron chi connectivity index (χ1n) is 5.50. The van der Waals surface area contributed by atoms with Gasteiger partial charge in [0.1, 0.15) is 5.82 Å². The van der Waals surface area contributed by atoms with Gasteiger partial charge in [0, 0.05) is 32.1 Å². The third-order valence-electron chi connectivity index (χ3n) is 2.66. The van der Waals surface area contributed by atoms with Crippen LogP contribution in [0.5, 0.6) is 0 Å². The average molecular weight is 253 g/mol. The maximum atomic E-state index is 12.1. The number of thioether (sulfide) groups is 1. The van der Waals surface area contributed by atoms with E-state index in [0.717, 1.165) is 11.6 Å². The second kappa shape index (κ2) is 6.49. The summed E-state index contributed by atoms with van der Waals surface area (Å²) >= 11 is 1.74. The maximum Gasteiger partial charge on any atom is 0.255 e. The Bertz CT molecular complexity index is 367. The number of pyridine rings is 1. The topological polar surface area (TPSA) is 45.2 Å². The van der Waals surface area contributed by atoms with Crippen molar-refractivity contribution >= 4 is 23.5 Å². The highest BCUT2D eigenvalue weighted by molar-refractivity contribution is 7.98. The molecule has 5 heteroatoms. The molecule has 0 aliphatic heterocycles. The Morgan fingerprint density at radius 1 is 1.59 bits per heavy atom. The molecule has 0 saturated carbocycles. The second-order valence-corrected chi connectivity index (χ2v) is 4.81. The van der Waals surface area contributed by atoms with Gasteiger partial charge in [0.15, 0.2) is 0 Å². The van der Waals surface area contributed by atoms with Gasteiger partial charge in [-0.1, -0.05) is 0 Å². The van der Waals surface area contributed by atoms with Gasteiger partial charge >= 0.3 is 0 Å².